The molecular formula is C24H24ClFN2O4S. The predicted octanol–water partition coefficient (Wildman–Crippen LogP) is 5.15. The Morgan fingerprint density at radius 3 is 2.30 bits per heavy atom. The van der Waals surface area contributed by atoms with Gasteiger partial charge in [-0.2, -0.15) is 0 Å². The molecule has 3 aromatic carbocycles. The van der Waals surface area contributed by atoms with Gasteiger partial charge in [0.05, 0.1) is 34.3 Å². The van der Waals surface area contributed by atoms with E-state index in [2.05, 4.69) is 0 Å². The topological polar surface area (TPSA) is 66.9 Å². The number of amides is 1. The zero-order chi connectivity index (χ0) is 24.3. The Labute approximate surface area is 198 Å². The lowest BCUT2D eigenvalue weighted by Crippen LogP contribution is -2.31. The lowest BCUT2D eigenvalue weighted by Gasteiger charge is -2.27. The molecule has 0 aliphatic heterocycles. The minimum Gasteiger partial charge on any atom is -0.496 e. The average molecular weight is 491 g/mol. The summed E-state index contributed by atoms with van der Waals surface area (Å²) in [6.45, 7) is 1.84. The Morgan fingerprint density at radius 1 is 1.03 bits per heavy atom. The average Bonchev–Trinajstić information content (AvgIpc) is 2.82. The van der Waals surface area contributed by atoms with Gasteiger partial charge in [0.15, 0.2) is 0 Å². The van der Waals surface area contributed by atoms with Gasteiger partial charge in [-0.25, -0.2) is 12.8 Å². The van der Waals surface area contributed by atoms with Crippen molar-refractivity contribution in [1.29, 1.82) is 0 Å². The van der Waals surface area contributed by atoms with Gasteiger partial charge < -0.3 is 9.64 Å². The number of benzene rings is 3. The second-order valence-electron chi connectivity index (χ2n) is 7.42. The second-order valence-corrected chi connectivity index (χ2v) is 9.80. The maximum atomic E-state index is 13.3. The van der Waals surface area contributed by atoms with Crippen molar-refractivity contribution in [2.45, 2.75) is 17.9 Å². The highest BCUT2D eigenvalue weighted by molar-refractivity contribution is 7.92. The lowest BCUT2D eigenvalue weighted by atomic mass is 10.0. The van der Waals surface area contributed by atoms with Crippen LogP contribution in [-0.4, -0.2) is 40.4 Å². The van der Waals surface area contributed by atoms with Crippen LogP contribution in [0.4, 0.5) is 10.1 Å². The number of carbonyl (C=O) groups excluding carboxylic acids is 1. The summed E-state index contributed by atoms with van der Waals surface area (Å²) in [5, 5.41) is 0.127. The van der Waals surface area contributed by atoms with Crippen molar-refractivity contribution in [3.63, 3.8) is 0 Å². The molecular weight excluding hydrogens is 467 g/mol. The first kappa shape index (κ1) is 24.5. The van der Waals surface area contributed by atoms with Crippen LogP contribution in [-0.2, 0) is 10.0 Å². The van der Waals surface area contributed by atoms with E-state index in [0.29, 0.717) is 5.75 Å². The van der Waals surface area contributed by atoms with E-state index < -0.39 is 21.7 Å². The number of ether oxygens (including phenoxy) is 1. The molecule has 6 nitrogen and oxygen atoms in total. The molecule has 3 aromatic rings. The maximum absolute atomic E-state index is 13.3. The highest BCUT2D eigenvalue weighted by Gasteiger charge is 2.27. The zero-order valence-corrected chi connectivity index (χ0v) is 20.2. The fourth-order valence-corrected chi connectivity index (χ4v) is 4.78. The van der Waals surface area contributed by atoms with Gasteiger partial charge in [-0.1, -0.05) is 29.8 Å². The summed E-state index contributed by atoms with van der Waals surface area (Å²) in [4.78, 5) is 14.6. The third kappa shape index (κ3) is 4.96. The molecule has 0 aliphatic carbocycles. The molecule has 0 spiro atoms. The molecule has 33 heavy (non-hydrogen) atoms. The van der Waals surface area contributed by atoms with Crippen LogP contribution in [0.25, 0.3) is 0 Å². The number of nitrogens with zero attached hydrogens (tertiary/aromatic N) is 2. The van der Waals surface area contributed by atoms with Crippen LogP contribution in [0.15, 0.2) is 71.6 Å². The van der Waals surface area contributed by atoms with Crippen LogP contribution < -0.4 is 9.04 Å². The summed E-state index contributed by atoms with van der Waals surface area (Å²) in [6.07, 6.45) is 0. The van der Waals surface area contributed by atoms with Crippen LogP contribution in [0, 0.1) is 5.82 Å². The molecule has 174 valence electrons. The van der Waals surface area contributed by atoms with Gasteiger partial charge in [0.25, 0.3) is 15.9 Å². The maximum Gasteiger partial charge on any atom is 0.264 e. The number of carbonyl (C=O) groups is 1. The molecule has 0 fully saturated rings. The van der Waals surface area contributed by atoms with Gasteiger partial charge >= 0.3 is 0 Å². The van der Waals surface area contributed by atoms with E-state index in [1.165, 1.54) is 54.4 Å². The van der Waals surface area contributed by atoms with Crippen LogP contribution >= 0.6 is 11.6 Å². The molecule has 0 aliphatic rings. The SMILES string of the molecule is COc1ccccc1C(C)N(C)C(=O)c1cc(S(=O)(=O)N(C)c2ccc(F)cc2)ccc1Cl. The van der Waals surface area contributed by atoms with Crippen molar-refractivity contribution >= 4 is 33.2 Å². The normalized spacial score (nSPS) is 12.2. The Hall–Kier alpha value is -3.10. The third-order valence-corrected chi connectivity index (χ3v) is 7.62. The van der Waals surface area contributed by atoms with Crippen molar-refractivity contribution < 1.29 is 22.3 Å². The minimum absolute atomic E-state index is 0.0505. The minimum atomic E-state index is -4.02. The van der Waals surface area contributed by atoms with Gasteiger partial charge in [0, 0.05) is 19.7 Å². The molecule has 1 amide bonds. The van der Waals surface area contributed by atoms with Crippen molar-refractivity contribution in [1.82, 2.24) is 4.90 Å². The standard InChI is InChI=1S/C24H24ClFN2O4S/c1-16(20-7-5-6-8-23(20)32-4)27(2)24(29)21-15-19(13-14-22(21)25)33(30,31)28(3)18-11-9-17(26)10-12-18/h5-16H,1-4H3. The van der Waals surface area contributed by atoms with Crippen molar-refractivity contribution in [2.75, 3.05) is 25.5 Å². The summed E-state index contributed by atoms with van der Waals surface area (Å²) >= 11 is 6.29. The summed E-state index contributed by atoms with van der Waals surface area (Å²) in [7, 11) is 0.495. The smallest absolute Gasteiger partial charge is 0.264 e. The van der Waals surface area contributed by atoms with Gasteiger partial charge in [-0.15, -0.1) is 0 Å². The molecule has 0 radical (unpaired) electrons. The fraction of sp³-hybridized carbons (Fsp3) is 0.208. The Morgan fingerprint density at radius 2 is 1.67 bits per heavy atom. The number of methoxy groups -OCH3 is 1. The molecule has 0 saturated carbocycles. The van der Waals surface area contributed by atoms with E-state index in [1.54, 1.807) is 20.2 Å². The fourth-order valence-electron chi connectivity index (χ4n) is 3.36. The Kier molecular flexibility index (Phi) is 7.29. The first-order chi connectivity index (χ1) is 15.6. The van der Waals surface area contributed by atoms with E-state index in [0.717, 1.165) is 9.87 Å². The monoisotopic (exact) mass is 490 g/mol. The second kappa shape index (κ2) is 9.80. The van der Waals surface area contributed by atoms with Crippen LogP contribution in [0.3, 0.4) is 0 Å². The van der Waals surface area contributed by atoms with Gasteiger partial charge in [-0.05, 0) is 55.5 Å². The number of hydrogen-bond donors (Lipinski definition) is 0. The summed E-state index contributed by atoms with van der Waals surface area (Å²) in [6, 6.07) is 16.0. The van der Waals surface area contributed by atoms with Crippen LogP contribution in [0.5, 0.6) is 5.75 Å². The predicted molar refractivity (Wildman–Crippen MR) is 127 cm³/mol. The van der Waals surface area contributed by atoms with E-state index in [1.807, 2.05) is 25.1 Å². The third-order valence-electron chi connectivity index (χ3n) is 5.51. The summed E-state index contributed by atoms with van der Waals surface area (Å²) in [5.41, 5.74) is 1.13. The highest BCUT2D eigenvalue weighted by atomic mass is 35.5. The van der Waals surface area contributed by atoms with E-state index in [-0.39, 0.29) is 27.2 Å². The zero-order valence-electron chi connectivity index (χ0n) is 18.6. The summed E-state index contributed by atoms with van der Waals surface area (Å²) < 4.78 is 46.0. The molecule has 0 saturated heterocycles. The first-order valence-electron chi connectivity index (χ1n) is 10.0. The highest BCUT2D eigenvalue weighted by Crippen LogP contribution is 2.31. The van der Waals surface area contributed by atoms with Crippen LogP contribution in [0.2, 0.25) is 5.02 Å². The van der Waals surface area contributed by atoms with Crippen molar-refractivity contribution in [2.24, 2.45) is 0 Å². The van der Waals surface area contributed by atoms with Crippen molar-refractivity contribution in [3.8, 4) is 5.75 Å². The van der Waals surface area contributed by atoms with E-state index >= 15 is 0 Å². The molecule has 0 heterocycles. The molecule has 0 aromatic heterocycles. The number of sulfonamides is 1. The quantitative estimate of drug-likeness (QED) is 0.459. The molecule has 0 N–H and O–H groups in total. The molecule has 1 atom stereocenters. The molecule has 9 heteroatoms. The van der Waals surface area contributed by atoms with Gasteiger partial charge in [-0.3, -0.25) is 9.10 Å². The Bertz CT molecular complexity index is 1270. The molecule has 0 bridgehead atoms. The number of anilines is 1. The molecule has 1 unspecified atom stereocenters. The van der Waals surface area contributed by atoms with E-state index in [4.69, 9.17) is 16.3 Å². The number of para-hydroxylation sites is 1. The van der Waals surface area contributed by atoms with Crippen LogP contribution in [0.1, 0.15) is 28.9 Å². The summed E-state index contributed by atoms with van der Waals surface area (Å²) in [5.74, 6) is -0.288. The Balaban J connectivity index is 1.95. The van der Waals surface area contributed by atoms with E-state index in [9.17, 15) is 17.6 Å². The number of halogens is 2. The van der Waals surface area contributed by atoms with Crippen molar-refractivity contribution in [3.05, 3.63) is 88.7 Å². The largest absolute Gasteiger partial charge is 0.496 e. The number of hydrogen-bond acceptors (Lipinski definition) is 4. The molecule has 3 rings (SSSR count). The van der Waals surface area contributed by atoms with Gasteiger partial charge in [0.1, 0.15) is 11.6 Å². The number of rotatable bonds is 7. The first-order valence-corrected chi connectivity index (χ1v) is 11.8. The van der Waals surface area contributed by atoms with Gasteiger partial charge in [0.2, 0.25) is 0 Å². The lowest BCUT2D eigenvalue weighted by molar-refractivity contribution is 0.0741.